The molecule has 0 aliphatic rings. The smallest absolute Gasteiger partial charge is 0.295 e. The van der Waals surface area contributed by atoms with E-state index in [0.29, 0.717) is 0 Å². The molecule has 4 nitrogen and oxygen atoms in total. The van der Waals surface area contributed by atoms with Gasteiger partial charge in [0.1, 0.15) is 0 Å². The zero-order valence-electron chi connectivity index (χ0n) is 7.70. The normalized spacial score (nSPS) is 9.93. The number of Topliss-reactive ketones (excluding diaryl/α,β-unsaturated/α-hetero) is 1. The molecule has 5 heteroatoms. The molecule has 0 N–H and O–H groups in total. The summed E-state index contributed by atoms with van der Waals surface area (Å²) in [5.74, 6) is -1.21. The molecule has 0 bridgehead atoms. The van der Waals surface area contributed by atoms with E-state index in [1.807, 2.05) is 0 Å². The number of carbonyl (C=O) groups excluding carboxylic acids is 1. The second-order valence-electron chi connectivity index (χ2n) is 2.94. The van der Waals surface area contributed by atoms with Crippen LogP contribution in [0, 0.1) is 22.9 Å². The van der Waals surface area contributed by atoms with Crippen molar-refractivity contribution in [3.63, 3.8) is 0 Å². The highest BCUT2D eigenvalue weighted by molar-refractivity contribution is 5.94. The van der Waals surface area contributed by atoms with Gasteiger partial charge < -0.3 is 0 Å². The molecule has 0 fully saturated rings. The largest absolute Gasteiger partial charge is 0.305 e. The molecule has 1 rings (SSSR count). The molecule has 1 aromatic rings. The van der Waals surface area contributed by atoms with Crippen LogP contribution in [0.25, 0.3) is 0 Å². The molecule has 0 heterocycles. The summed E-state index contributed by atoms with van der Waals surface area (Å²) in [6, 6.07) is 2.25. The Bertz CT molecular complexity index is 415. The van der Waals surface area contributed by atoms with Crippen LogP contribution in [0.2, 0.25) is 0 Å². The summed E-state index contributed by atoms with van der Waals surface area (Å²) < 4.78 is 13.1. The van der Waals surface area contributed by atoms with Gasteiger partial charge in [0.2, 0.25) is 5.82 Å². The third-order valence-electron chi connectivity index (χ3n) is 1.84. The number of nitro groups is 1. The molecule has 0 atom stereocenters. The van der Waals surface area contributed by atoms with Gasteiger partial charge in [-0.25, -0.2) is 0 Å². The minimum absolute atomic E-state index is 0.101. The van der Waals surface area contributed by atoms with Gasteiger partial charge in [0.25, 0.3) is 0 Å². The lowest BCUT2D eigenvalue weighted by Crippen LogP contribution is -2.00. The SMILES string of the molecule is CC(=O)c1cc(C)c(F)c([N+](=O)[O-])c1. The summed E-state index contributed by atoms with van der Waals surface area (Å²) in [6.45, 7) is 2.66. The van der Waals surface area contributed by atoms with Crippen molar-refractivity contribution in [3.05, 3.63) is 39.2 Å². The molecule has 0 aliphatic heterocycles. The average molecular weight is 197 g/mol. The quantitative estimate of drug-likeness (QED) is 0.415. The molecule has 0 spiro atoms. The maximum atomic E-state index is 13.1. The number of benzene rings is 1. The Morgan fingerprint density at radius 1 is 1.50 bits per heavy atom. The van der Waals surface area contributed by atoms with Crippen LogP contribution in [0.1, 0.15) is 22.8 Å². The van der Waals surface area contributed by atoms with E-state index in [-0.39, 0.29) is 16.9 Å². The summed E-state index contributed by atoms with van der Waals surface area (Å²) in [5, 5.41) is 10.4. The number of rotatable bonds is 2. The summed E-state index contributed by atoms with van der Waals surface area (Å²) in [7, 11) is 0. The Hall–Kier alpha value is -1.78. The van der Waals surface area contributed by atoms with E-state index in [2.05, 4.69) is 0 Å². The fraction of sp³-hybridized carbons (Fsp3) is 0.222. The molecule has 0 saturated carbocycles. The van der Waals surface area contributed by atoms with E-state index in [9.17, 15) is 19.3 Å². The van der Waals surface area contributed by atoms with E-state index in [0.717, 1.165) is 6.07 Å². The third-order valence-corrected chi connectivity index (χ3v) is 1.84. The Morgan fingerprint density at radius 2 is 2.07 bits per heavy atom. The molecule has 1 aromatic carbocycles. The highest BCUT2D eigenvalue weighted by Gasteiger charge is 2.18. The molecule has 0 amide bonds. The lowest BCUT2D eigenvalue weighted by atomic mass is 10.1. The van der Waals surface area contributed by atoms with Gasteiger partial charge in [0.15, 0.2) is 5.78 Å². The first kappa shape index (κ1) is 10.3. The summed E-state index contributed by atoms with van der Waals surface area (Å²) in [6.07, 6.45) is 0. The first-order valence-electron chi connectivity index (χ1n) is 3.89. The minimum Gasteiger partial charge on any atom is -0.295 e. The second-order valence-corrected chi connectivity index (χ2v) is 2.94. The number of ketones is 1. The fourth-order valence-electron chi connectivity index (χ4n) is 1.09. The number of carbonyl (C=O) groups is 1. The van der Waals surface area contributed by atoms with Crippen molar-refractivity contribution in [2.75, 3.05) is 0 Å². The summed E-state index contributed by atoms with van der Waals surface area (Å²) in [4.78, 5) is 20.5. The van der Waals surface area contributed by atoms with Gasteiger partial charge in [-0.05, 0) is 25.5 Å². The van der Waals surface area contributed by atoms with Gasteiger partial charge in [0.05, 0.1) is 4.92 Å². The maximum Gasteiger partial charge on any atom is 0.305 e. The van der Waals surface area contributed by atoms with Gasteiger partial charge in [-0.1, -0.05) is 0 Å². The van der Waals surface area contributed by atoms with Crippen LogP contribution in [-0.4, -0.2) is 10.7 Å². The van der Waals surface area contributed by atoms with Gasteiger partial charge in [-0.3, -0.25) is 14.9 Å². The van der Waals surface area contributed by atoms with Crippen molar-refractivity contribution in [3.8, 4) is 0 Å². The van der Waals surface area contributed by atoms with Crippen LogP contribution < -0.4 is 0 Å². The number of nitro benzene ring substituents is 1. The van der Waals surface area contributed by atoms with Crippen LogP contribution in [0.15, 0.2) is 12.1 Å². The third kappa shape index (κ3) is 1.76. The zero-order valence-corrected chi connectivity index (χ0v) is 7.70. The molecular formula is C9H8FNO3. The molecule has 0 aromatic heterocycles. The minimum atomic E-state index is -0.889. The van der Waals surface area contributed by atoms with E-state index >= 15 is 0 Å². The number of aryl methyl sites for hydroxylation is 1. The number of nitrogens with zero attached hydrogens (tertiary/aromatic N) is 1. The average Bonchev–Trinajstić information content (AvgIpc) is 2.08. The van der Waals surface area contributed by atoms with Crippen molar-refractivity contribution in [2.24, 2.45) is 0 Å². The monoisotopic (exact) mass is 197 g/mol. The second kappa shape index (κ2) is 3.53. The number of halogens is 1. The highest BCUT2D eigenvalue weighted by atomic mass is 19.1. The molecule has 74 valence electrons. The van der Waals surface area contributed by atoms with E-state index in [4.69, 9.17) is 0 Å². The summed E-state index contributed by atoms with van der Waals surface area (Å²) in [5.41, 5.74) is -0.407. The molecule has 0 aliphatic carbocycles. The van der Waals surface area contributed by atoms with Crippen LogP contribution in [0.5, 0.6) is 0 Å². The van der Waals surface area contributed by atoms with Gasteiger partial charge in [-0.2, -0.15) is 4.39 Å². The fourth-order valence-corrected chi connectivity index (χ4v) is 1.09. The lowest BCUT2D eigenvalue weighted by molar-refractivity contribution is -0.387. The zero-order chi connectivity index (χ0) is 10.9. The van der Waals surface area contributed by atoms with E-state index in [1.54, 1.807) is 0 Å². The predicted molar refractivity (Wildman–Crippen MR) is 47.8 cm³/mol. The predicted octanol–water partition coefficient (Wildman–Crippen LogP) is 2.24. The maximum absolute atomic E-state index is 13.1. The summed E-state index contributed by atoms with van der Waals surface area (Å²) >= 11 is 0. The Balaban J connectivity index is 3.43. The topological polar surface area (TPSA) is 60.2 Å². The van der Waals surface area contributed by atoms with Gasteiger partial charge in [-0.15, -0.1) is 0 Å². The van der Waals surface area contributed by atoms with Gasteiger partial charge in [0, 0.05) is 11.6 Å². The van der Waals surface area contributed by atoms with Crippen molar-refractivity contribution < 1.29 is 14.1 Å². The number of hydrogen-bond donors (Lipinski definition) is 0. The highest BCUT2D eigenvalue weighted by Crippen LogP contribution is 2.22. The van der Waals surface area contributed by atoms with E-state index in [1.165, 1.54) is 19.9 Å². The van der Waals surface area contributed by atoms with Crippen LogP contribution in [-0.2, 0) is 0 Å². The van der Waals surface area contributed by atoms with Crippen molar-refractivity contribution in [1.29, 1.82) is 0 Å². The van der Waals surface area contributed by atoms with Crippen LogP contribution >= 0.6 is 0 Å². The van der Waals surface area contributed by atoms with Crippen LogP contribution in [0.3, 0.4) is 0 Å². The number of hydrogen-bond acceptors (Lipinski definition) is 3. The van der Waals surface area contributed by atoms with Crippen molar-refractivity contribution in [2.45, 2.75) is 13.8 Å². The Morgan fingerprint density at radius 3 is 2.50 bits per heavy atom. The van der Waals surface area contributed by atoms with Crippen molar-refractivity contribution in [1.82, 2.24) is 0 Å². The van der Waals surface area contributed by atoms with Crippen molar-refractivity contribution >= 4 is 11.5 Å². The van der Waals surface area contributed by atoms with E-state index < -0.39 is 16.4 Å². The van der Waals surface area contributed by atoms with Crippen LogP contribution in [0.4, 0.5) is 10.1 Å². The Kier molecular flexibility index (Phi) is 2.60. The standard InChI is InChI=1S/C9H8FNO3/c1-5-3-7(6(2)12)4-8(9(5)10)11(13)14/h3-4H,1-2H3. The first-order chi connectivity index (χ1) is 6.43. The lowest BCUT2D eigenvalue weighted by Gasteiger charge is -2.00. The molecule has 14 heavy (non-hydrogen) atoms. The molecule has 0 unspecified atom stereocenters. The first-order valence-corrected chi connectivity index (χ1v) is 3.89. The molecule has 0 saturated heterocycles. The molecular weight excluding hydrogens is 189 g/mol. The van der Waals surface area contributed by atoms with Gasteiger partial charge >= 0.3 is 5.69 Å². The molecule has 0 radical (unpaired) electrons. The Labute approximate surface area is 79.5 Å².